The standard InChI is InChI=1S/C14H11FN2O3S/c1-20-12-3-2-8(4-10(12)15)11-6-17-9(5-13(18)19)7-21-14(17)16-11/h2-4,6-7H,5H2,1H3,(H,18,19). The van der Waals surface area contributed by atoms with Gasteiger partial charge in [0.05, 0.1) is 19.2 Å². The third-order valence-electron chi connectivity index (χ3n) is 3.06. The predicted molar refractivity (Wildman–Crippen MR) is 76.4 cm³/mol. The van der Waals surface area contributed by atoms with E-state index in [0.717, 1.165) is 0 Å². The van der Waals surface area contributed by atoms with E-state index in [1.165, 1.54) is 30.6 Å². The molecule has 2 heterocycles. The zero-order valence-corrected chi connectivity index (χ0v) is 11.9. The van der Waals surface area contributed by atoms with Crippen molar-refractivity contribution in [2.75, 3.05) is 7.11 Å². The molecule has 0 radical (unpaired) electrons. The van der Waals surface area contributed by atoms with Crippen LogP contribution in [0, 0.1) is 5.82 Å². The van der Waals surface area contributed by atoms with Crippen LogP contribution in [0.4, 0.5) is 4.39 Å². The van der Waals surface area contributed by atoms with Crippen molar-refractivity contribution in [2.45, 2.75) is 6.42 Å². The van der Waals surface area contributed by atoms with Gasteiger partial charge in [0.25, 0.3) is 0 Å². The van der Waals surface area contributed by atoms with Gasteiger partial charge in [-0.05, 0) is 18.2 Å². The molecule has 1 N–H and O–H groups in total. The molecule has 3 rings (SSSR count). The van der Waals surface area contributed by atoms with Gasteiger partial charge in [-0.2, -0.15) is 0 Å². The molecule has 1 aromatic carbocycles. The average molecular weight is 306 g/mol. The Hall–Kier alpha value is -2.41. The van der Waals surface area contributed by atoms with E-state index in [-0.39, 0.29) is 12.2 Å². The summed E-state index contributed by atoms with van der Waals surface area (Å²) >= 11 is 1.35. The highest BCUT2D eigenvalue weighted by Crippen LogP contribution is 2.27. The summed E-state index contributed by atoms with van der Waals surface area (Å²) in [5.74, 6) is -1.19. The number of ether oxygens (including phenoxy) is 1. The molecule has 0 fully saturated rings. The van der Waals surface area contributed by atoms with E-state index in [9.17, 15) is 9.18 Å². The number of hydrogen-bond donors (Lipinski definition) is 1. The van der Waals surface area contributed by atoms with Crippen LogP contribution < -0.4 is 4.74 Å². The van der Waals surface area contributed by atoms with Crippen molar-refractivity contribution in [1.82, 2.24) is 9.38 Å². The van der Waals surface area contributed by atoms with Gasteiger partial charge in [-0.15, -0.1) is 11.3 Å². The molecular weight excluding hydrogens is 295 g/mol. The summed E-state index contributed by atoms with van der Waals surface area (Å²) in [5, 5.41) is 10.6. The summed E-state index contributed by atoms with van der Waals surface area (Å²) in [5.41, 5.74) is 1.86. The Balaban J connectivity index is 2.03. The quantitative estimate of drug-likeness (QED) is 0.805. The van der Waals surface area contributed by atoms with E-state index in [4.69, 9.17) is 9.84 Å². The zero-order valence-electron chi connectivity index (χ0n) is 11.0. The molecule has 0 spiro atoms. The zero-order chi connectivity index (χ0) is 15.0. The number of aromatic nitrogens is 2. The first-order valence-electron chi connectivity index (χ1n) is 6.09. The number of halogens is 1. The number of carboxylic acids is 1. The Morgan fingerprint density at radius 1 is 1.52 bits per heavy atom. The van der Waals surface area contributed by atoms with Crippen molar-refractivity contribution in [1.29, 1.82) is 0 Å². The highest BCUT2D eigenvalue weighted by molar-refractivity contribution is 7.15. The van der Waals surface area contributed by atoms with Crippen molar-refractivity contribution in [3.05, 3.63) is 41.3 Å². The fraction of sp³-hybridized carbons (Fsp3) is 0.143. The van der Waals surface area contributed by atoms with E-state index in [1.807, 2.05) is 0 Å². The maximum Gasteiger partial charge on any atom is 0.309 e. The molecule has 0 saturated carbocycles. The number of hydrogen-bond acceptors (Lipinski definition) is 4. The number of carbonyl (C=O) groups is 1. The third kappa shape index (κ3) is 2.47. The molecule has 0 aliphatic heterocycles. The maximum absolute atomic E-state index is 13.7. The van der Waals surface area contributed by atoms with Gasteiger partial charge < -0.3 is 9.84 Å². The van der Waals surface area contributed by atoms with Gasteiger partial charge in [0.2, 0.25) is 0 Å². The van der Waals surface area contributed by atoms with Crippen LogP contribution in [0.2, 0.25) is 0 Å². The van der Waals surface area contributed by atoms with E-state index in [2.05, 4.69) is 4.98 Å². The van der Waals surface area contributed by atoms with Crippen molar-refractivity contribution in [3.63, 3.8) is 0 Å². The number of benzene rings is 1. The second-order valence-corrected chi connectivity index (χ2v) is 5.26. The average Bonchev–Trinajstić information content (AvgIpc) is 3.00. The van der Waals surface area contributed by atoms with Gasteiger partial charge >= 0.3 is 5.97 Å². The minimum Gasteiger partial charge on any atom is -0.494 e. The number of rotatable bonds is 4. The number of methoxy groups -OCH3 is 1. The molecule has 2 aromatic heterocycles. The molecule has 0 aliphatic rings. The molecule has 0 unspecified atom stereocenters. The minimum absolute atomic E-state index is 0.0766. The molecule has 21 heavy (non-hydrogen) atoms. The van der Waals surface area contributed by atoms with E-state index < -0.39 is 11.8 Å². The number of carboxylic acid groups (broad SMARTS) is 1. The minimum atomic E-state index is -0.902. The molecular formula is C14H11FN2O3S. The lowest BCUT2D eigenvalue weighted by atomic mass is 10.1. The highest BCUT2D eigenvalue weighted by Gasteiger charge is 2.13. The van der Waals surface area contributed by atoms with Gasteiger partial charge in [-0.3, -0.25) is 9.20 Å². The summed E-state index contributed by atoms with van der Waals surface area (Å²) in [6, 6.07) is 4.60. The van der Waals surface area contributed by atoms with Crippen LogP contribution in [0.3, 0.4) is 0 Å². The van der Waals surface area contributed by atoms with Crippen LogP contribution in [0.5, 0.6) is 5.75 Å². The number of fused-ring (bicyclic) bond motifs is 1. The first kappa shape index (κ1) is 13.6. The summed E-state index contributed by atoms with van der Waals surface area (Å²) < 4.78 is 20.3. The van der Waals surface area contributed by atoms with Crippen LogP contribution in [0.1, 0.15) is 5.69 Å². The lowest BCUT2D eigenvalue weighted by molar-refractivity contribution is -0.136. The van der Waals surface area contributed by atoms with Crippen LogP contribution in [0.15, 0.2) is 29.8 Å². The lowest BCUT2D eigenvalue weighted by Crippen LogP contribution is -2.02. The molecule has 0 bridgehead atoms. The normalized spacial score (nSPS) is 11.0. The second-order valence-electron chi connectivity index (χ2n) is 4.43. The summed E-state index contributed by atoms with van der Waals surface area (Å²) in [7, 11) is 1.41. The fourth-order valence-corrected chi connectivity index (χ4v) is 2.95. The van der Waals surface area contributed by atoms with Crippen molar-refractivity contribution in [2.24, 2.45) is 0 Å². The lowest BCUT2D eigenvalue weighted by Gasteiger charge is -2.02. The molecule has 0 atom stereocenters. The Bertz CT molecular complexity index is 825. The SMILES string of the molecule is COc1ccc(-c2cn3c(CC(=O)O)csc3n2)cc1F. The van der Waals surface area contributed by atoms with Gasteiger partial charge in [0.1, 0.15) is 0 Å². The smallest absolute Gasteiger partial charge is 0.309 e. The van der Waals surface area contributed by atoms with Crippen LogP contribution in [0.25, 0.3) is 16.2 Å². The molecule has 3 aromatic rings. The maximum atomic E-state index is 13.7. The first-order valence-corrected chi connectivity index (χ1v) is 6.97. The van der Waals surface area contributed by atoms with Gasteiger partial charge in [0, 0.05) is 22.8 Å². The molecule has 0 aliphatic carbocycles. The fourth-order valence-electron chi connectivity index (χ4n) is 2.08. The number of thiazole rings is 1. The first-order chi connectivity index (χ1) is 10.1. The van der Waals surface area contributed by atoms with Crippen molar-refractivity contribution >= 4 is 22.3 Å². The Kier molecular flexibility index (Phi) is 3.34. The van der Waals surface area contributed by atoms with Crippen LogP contribution >= 0.6 is 11.3 Å². The van der Waals surface area contributed by atoms with Gasteiger partial charge in [-0.1, -0.05) is 0 Å². The number of aliphatic carboxylic acids is 1. The predicted octanol–water partition coefficient (Wildman–Crippen LogP) is 2.84. The van der Waals surface area contributed by atoms with Gasteiger partial charge in [-0.25, -0.2) is 9.37 Å². The summed E-state index contributed by atoms with van der Waals surface area (Å²) in [6.45, 7) is 0. The van der Waals surface area contributed by atoms with Crippen LogP contribution in [-0.4, -0.2) is 27.6 Å². The molecule has 0 saturated heterocycles. The molecule has 7 heteroatoms. The third-order valence-corrected chi connectivity index (χ3v) is 3.95. The van der Waals surface area contributed by atoms with E-state index in [1.54, 1.807) is 22.0 Å². The largest absolute Gasteiger partial charge is 0.494 e. The number of imidazole rings is 1. The number of nitrogens with zero attached hydrogens (tertiary/aromatic N) is 2. The highest BCUT2D eigenvalue weighted by atomic mass is 32.1. The Morgan fingerprint density at radius 3 is 3.00 bits per heavy atom. The van der Waals surface area contributed by atoms with Crippen molar-refractivity contribution in [3.8, 4) is 17.0 Å². The Labute approximate surface area is 123 Å². The van der Waals surface area contributed by atoms with Gasteiger partial charge in [0.15, 0.2) is 16.5 Å². The topological polar surface area (TPSA) is 63.8 Å². The summed E-state index contributed by atoms with van der Waals surface area (Å²) in [6.07, 6.45) is 1.64. The molecule has 5 nitrogen and oxygen atoms in total. The monoisotopic (exact) mass is 306 g/mol. The van der Waals surface area contributed by atoms with Crippen LogP contribution in [-0.2, 0) is 11.2 Å². The molecule has 0 amide bonds. The second kappa shape index (κ2) is 5.17. The molecule has 108 valence electrons. The summed E-state index contributed by atoms with van der Waals surface area (Å²) in [4.78, 5) is 15.9. The van der Waals surface area contributed by atoms with E-state index in [0.29, 0.717) is 21.9 Å². The van der Waals surface area contributed by atoms with E-state index >= 15 is 0 Å². The Morgan fingerprint density at radius 2 is 2.33 bits per heavy atom. The van der Waals surface area contributed by atoms with Crippen molar-refractivity contribution < 1.29 is 19.0 Å².